The molecule has 1 aliphatic rings. The number of hydrogen-bond acceptors (Lipinski definition) is 23. The Hall–Kier alpha value is -11.1. The Balaban J connectivity index is 1.47. The summed E-state index contributed by atoms with van der Waals surface area (Å²) in [7, 11) is 1.49. The SMILES string of the molecule is C[C@H](N)C(=O)NCC(=O)N[C@H]1CSSC[C@H](C(=O)O)NC(=O)[C@@H](CO)NC(=O)C([C@@H](C)O)NC(=O)[C@@H](Cc2ccccc2)NC(=O)C([C@@H](C)O)NC(=O)[C@@H](CCCCN)NC(=O)[C@@H](Cc2c[nH]c3ccccc23)NC(=O)[C@@H](Cc2ccccc2)NC(=O)[C@@H](Cc2ccccc2)NC(=O)[C@H](CC(N)=O)NC(=O)[C@@H](CCCCN)NC1=O. The molecule has 0 aliphatic carbocycles. The van der Waals surface area contributed by atoms with E-state index in [2.05, 4.69) is 74.1 Å². The second-order valence-electron chi connectivity index (χ2n) is 27.6. The second-order valence-corrected chi connectivity index (χ2v) is 30.1. The van der Waals surface area contributed by atoms with Crippen molar-refractivity contribution in [3.05, 3.63) is 144 Å². The lowest BCUT2D eigenvalue weighted by atomic mass is 10.00. The summed E-state index contributed by atoms with van der Waals surface area (Å²) in [6, 6.07) is 9.57. The van der Waals surface area contributed by atoms with Crippen LogP contribution in [0.1, 0.15) is 88.0 Å². The van der Waals surface area contributed by atoms with Crippen LogP contribution in [0.4, 0.5) is 0 Å². The smallest absolute Gasteiger partial charge is 0.327 e. The zero-order chi connectivity index (χ0) is 84.3. The molecule has 1 aliphatic heterocycles. The summed E-state index contributed by atoms with van der Waals surface area (Å²) in [4.78, 5) is 217. The molecule has 6 rings (SSSR count). The van der Waals surface area contributed by atoms with Crippen molar-refractivity contribution in [2.45, 2.75) is 182 Å². The highest BCUT2D eigenvalue weighted by atomic mass is 33.1. The number of aliphatic carboxylic acids is 1. The number of hydrogen-bond donors (Lipinski definition) is 22. The Labute approximate surface area is 670 Å². The summed E-state index contributed by atoms with van der Waals surface area (Å²) in [6.07, 6.45) is -3.48. The van der Waals surface area contributed by atoms with Crippen LogP contribution in [0.2, 0.25) is 0 Å². The van der Waals surface area contributed by atoms with Crippen molar-refractivity contribution in [3.63, 3.8) is 0 Å². The average Bonchev–Trinajstić information content (AvgIpc) is 1.71. The largest absolute Gasteiger partial charge is 0.480 e. The molecule has 0 saturated carbocycles. The number of aromatic nitrogens is 1. The number of aromatic amines is 1. The highest BCUT2D eigenvalue weighted by Crippen LogP contribution is 2.25. The molecule has 14 amide bonds. The van der Waals surface area contributed by atoms with Crippen LogP contribution in [0.5, 0.6) is 0 Å². The van der Waals surface area contributed by atoms with E-state index < -0.39 is 210 Å². The van der Waals surface area contributed by atoms with E-state index in [4.69, 9.17) is 22.9 Å². The number of aliphatic hydroxyl groups is 3. The van der Waals surface area contributed by atoms with Gasteiger partial charge in [-0.05, 0) is 101 Å². The van der Waals surface area contributed by atoms with Gasteiger partial charge in [0.15, 0.2) is 0 Å². The third-order valence-electron chi connectivity index (χ3n) is 18.3. The van der Waals surface area contributed by atoms with E-state index in [0.717, 1.165) is 35.4 Å². The van der Waals surface area contributed by atoms with E-state index in [9.17, 15) is 78.0 Å². The van der Waals surface area contributed by atoms with Gasteiger partial charge < -0.3 is 117 Å². The molecule has 0 spiro atoms. The van der Waals surface area contributed by atoms with Gasteiger partial charge in [-0.25, -0.2) is 4.79 Å². The van der Waals surface area contributed by atoms with Crippen molar-refractivity contribution < 1.29 is 92.3 Å². The molecule has 624 valence electrons. The van der Waals surface area contributed by atoms with E-state index in [1.165, 1.54) is 6.92 Å². The van der Waals surface area contributed by atoms with E-state index in [1.807, 2.05) is 0 Å². The van der Waals surface area contributed by atoms with Crippen molar-refractivity contribution in [3.8, 4) is 0 Å². The van der Waals surface area contributed by atoms with Crippen LogP contribution in [-0.4, -0.2) is 243 Å². The first-order valence-electron chi connectivity index (χ1n) is 37.4. The molecule has 0 radical (unpaired) electrons. The number of nitrogens with two attached hydrogens (primary N) is 4. The van der Waals surface area contributed by atoms with Gasteiger partial charge in [0.25, 0.3) is 0 Å². The fourth-order valence-corrected chi connectivity index (χ4v) is 14.3. The standard InChI is InChI=1S/C76H104N18O19S2/c1-41(79)64(100)82-37-61(99)83-58-39-114-115-40-59(76(112)113)92-72(108)57(38-95)91-75(111)63(43(3)97)94-71(107)54(33-46-23-11-6-12-24-46)90-74(110)62(42(2)96)93-66(102)51(28-16-18-30-78)84-69(105)55(34-47-36-81-49-26-14-13-25-48(47)49)88-68(104)53(32-45-21-9-5-10-22-45)86-67(103)52(31-44-19-7-4-8-20-44)87-70(106)56(35-60(80)98)89-65(101)50(85-73(58)109)27-15-17-29-77/h4-14,19-26,36,41-43,50-59,62-63,81,95-97H,15-18,27-35,37-40,77-79H2,1-3H3,(H2,80,98)(H,82,100)(H,83,99)(H,84,105)(H,85,109)(H,86,103)(H,87,106)(H,88,104)(H,89,101)(H,90,110)(H,91,111)(H,92,108)(H,93,102)(H,94,107)(H,112,113)/t41-,42+,43+,50+,51+,52+,53+,54+,55+,56-,57+,58-,59+,62?,63?/m0/s1. The van der Waals surface area contributed by atoms with Crippen LogP contribution >= 0.6 is 21.6 Å². The van der Waals surface area contributed by atoms with Crippen molar-refractivity contribution >= 4 is 121 Å². The molecule has 39 heteroatoms. The topological polar surface area (TPSA) is 613 Å². The lowest BCUT2D eigenvalue weighted by Crippen LogP contribution is -2.63. The predicted octanol–water partition coefficient (Wildman–Crippen LogP) is -4.91. The number of unbranched alkanes of at least 4 members (excludes halogenated alkanes) is 2. The number of benzene rings is 4. The Morgan fingerprint density at radius 1 is 0.470 bits per heavy atom. The maximum atomic E-state index is 15.4. The second kappa shape index (κ2) is 47.6. The Morgan fingerprint density at radius 2 is 0.852 bits per heavy atom. The molecule has 0 bridgehead atoms. The first-order chi connectivity index (χ1) is 54.9. The fraction of sp³-hybridized carbons (Fsp3) is 0.461. The molecule has 37 nitrogen and oxygen atoms in total. The molecule has 2 unspecified atom stereocenters. The maximum Gasteiger partial charge on any atom is 0.327 e. The average molecular weight is 1640 g/mol. The Kier molecular flexibility index (Phi) is 38.4. The van der Waals surface area contributed by atoms with Gasteiger partial charge >= 0.3 is 5.97 Å². The summed E-state index contributed by atoms with van der Waals surface area (Å²) in [5.41, 5.74) is 25.6. The zero-order valence-corrected chi connectivity index (χ0v) is 65.4. The number of carbonyl (C=O) groups is 15. The molecular weight excluding hydrogens is 1530 g/mol. The molecule has 26 N–H and O–H groups in total. The quantitative estimate of drug-likeness (QED) is 0.0182. The van der Waals surface area contributed by atoms with Gasteiger partial charge in [0.05, 0.1) is 37.8 Å². The third kappa shape index (κ3) is 30.7. The Morgan fingerprint density at radius 3 is 1.30 bits per heavy atom. The van der Waals surface area contributed by atoms with Crippen LogP contribution in [0.15, 0.2) is 121 Å². The normalized spacial score (nSPS) is 23.7. The summed E-state index contributed by atoms with van der Waals surface area (Å²) >= 11 is 0. The molecule has 115 heavy (non-hydrogen) atoms. The zero-order valence-electron chi connectivity index (χ0n) is 63.8. The van der Waals surface area contributed by atoms with Crippen LogP contribution in [0.3, 0.4) is 0 Å². The lowest BCUT2D eigenvalue weighted by Gasteiger charge is -2.29. The van der Waals surface area contributed by atoms with Crippen LogP contribution < -0.4 is 92.1 Å². The molecule has 4 aromatic carbocycles. The number of carboxylic acid groups (broad SMARTS) is 1. The van der Waals surface area contributed by atoms with Crippen LogP contribution in [0, 0.1) is 0 Å². The highest BCUT2D eigenvalue weighted by Gasteiger charge is 2.40. The first kappa shape index (κ1) is 92.8. The number of amides is 14. The lowest BCUT2D eigenvalue weighted by molar-refractivity contribution is -0.142. The van der Waals surface area contributed by atoms with Gasteiger partial charge in [-0.2, -0.15) is 0 Å². The molecular formula is C76H104N18O19S2. The van der Waals surface area contributed by atoms with E-state index in [1.54, 1.807) is 121 Å². The highest BCUT2D eigenvalue weighted by molar-refractivity contribution is 8.76. The van der Waals surface area contributed by atoms with Gasteiger partial charge in [-0.15, -0.1) is 0 Å². The number of rotatable bonds is 26. The number of aliphatic hydroxyl groups excluding tert-OH is 3. The maximum absolute atomic E-state index is 15.4. The molecule has 5 aromatic rings. The first-order valence-corrected chi connectivity index (χ1v) is 39.8. The minimum Gasteiger partial charge on any atom is -0.480 e. The third-order valence-corrected chi connectivity index (χ3v) is 20.7. The van der Waals surface area contributed by atoms with Crippen molar-refractivity contribution in [2.24, 2.45) is 22.9 Å². The number of primary amides is 1. The van der Waals surface area contributed by atoms with Gasteiger partial charge in [0.2, 0.25) is 82.7 Å². The minimum absolute atomic E-state index is 0.104. The van der Waals surface area contributed by atoms with E-state index in [0.29, 0.717) is 39.6 Å². The van der Waals surface area contributed by atoms with E-state index >= 15 is 14.4 Å². The van der Waals surface area contributed by atoms with Crippen LogP contribution in [0.25, 0.3) is 10.9 Å². The fourth-order valence-electron chi connectivity index (χ4n) is 11.9. The number of H-pyrrole nitrogens is 1. The number of nitrogens with one attached hydrogen (secondary N) is 14. The van der Waals surface area contributed by atoms with Gasteiger partial charge in [0.1, 0.15) is 72.5 Å². The molecule has 2 heterocycles. The number of carboxylic acids is 1. The van der Waals surface area contributed by atoms with Crippen molar-refractivity contribution in [1.29, 1.82) is 0 Å². The Bertz CT molecular complexity index is 4130. The minimum atomic E-state index is -1.99. The summed E-state index contributed by atoms with van der Waals surface area (Å²) in [5.74, 6) is -17.7. The molecule has 1 saturated heterocycles. The molecule has 1 fully saturated rings. The predicted molar refractivity (Wildman–Crippen MR) is 425 cm³/mol. The number of para-hydroxylation sites is 1. The van der Waals surface area contributed by atoms with Gasteiger partial charge in [-0.1, -0.05) is 131 Å². The van der Waals surface area contributed by atoms with Crippen molar-refractivity contribution in [1.82, 2.24) is 74.1 Å². The molecule has 1 aromatic heterocycles. The van der Waals surface area contributed by atoms with Gasteiger partial charge in [0, 0.05) is 54.3 Å². The number of fused-ring (bicyclic) bond motifs is 1. The summed E-state index contributed by atoms with van der Waals surface area (Å²) in [5, 5.41) is 76.1. The monoisotopic (exact) mass is 1640 g/mol. The number of carbonyl (C=O) groups excluding carboxylic acids is 14. The molecule has 15 atom stereocenters. The summed E-state index contributed by atoms with van der Waals surface area (Å²) in [6.45, 7) is 1.88. The van der Waals surface area contributed by atoms with Gasteiger partial charge in [-0.3, -0.25) is 67.1 Å². The summed E-state index contributed by atoms with van der Waals surface area (Å²) < 4.78 is 0. The van der Waals surface area contributed by atoms with E-state index in [-0.39, 0.29) is 70.9 Å². The van der Waals surface area contributed by atoms with Crippen molar-refractivity contribution in [2.75, 3.05) is 37.7 Å². The van der Waals surface area contributed by atoms with Crippen LogP contribution in [-0.2, 0) is 97.6 Å².